The van der Waals surface area contributed by atoms with Crippen LogP contribution in [0.15, 0.2) is 24.3 Å². The average Bonchev–Trinajstić information content (AvgIpc) is 2.20. The van der Waals surface area contributed by atoms with E-state index in [1.807, 2.05) is 12.2 Å². The topological polar surface area (TPSA) is 37.3 Å². The summed E-state index contributed by atoms with van der Waals surface area (Å²) < 4.78 is 0. The minimum Gasteiger partial charge on any atom is -0.396 e. The molecule has 14 heavy (non-hydrogen) atoms. The summed E-state index contributed by atoms with van der Waals surface area (Å²) in [6.07, 6.45) is 5.02. The Morgan fingerprint density at radius 1 is 1.43 bits per heavy atom. The van der Waals surface area contributed by atoms with E-state index in [1.165, 1.54) is 0 Å². The van der Waals surface area contributed by atoms with E-state index in [-0.39, 0.29) is 6.61 Å². The maximum absolute atomic E-state index is 10.4. The second-order valence-corrected chi connectivity index (χ2v) is 3.22. The highest BCUT2D eigenvalue weighted by molar-refractivity contribution is 6.32. The van der Waals surface area contributed by atoms with Gasteiger partial charge in [0, 0.05) is 17.2 Å². The second kappa shape index (κ2) is 5.58. The van der Waals surface area contributed by atoms with Gasteiger partial charge in [-0.15, -0.1) is 0 Å². The zero-order chi connectivity index (χ0) is 10.4. The minimum absolute atomic E-state index is 0.126. The number of hydrogen-bond donors (Lipinski definition) is 1. The van der Waals surface area contributed by atoms with Crippen LogP contribution in [0.3, 0.4) is 0 Å². The average molecular weight is 211 g/mol. The van der Waals surface area contributed by atoms with Gasteiger partial charge >= 0.3 is 0 Å². The van der Waals surface area contributed by atoms with Crippen molar-refractivity contribution in [2.75, 3.05) is 6.61 Å². The highest BCUT2D eigenvalue weighted by atomic mass is 35.5. The van der Waals surface area contributed by atoms with Crippen LogP contribution in [0.4, 0.5) is 0 Å². The standard InChI is InChI=1S/C11H11ClO2/c12-11-7-9(8-14)4-5-10(11)3-1-2-6-13/h1,3-5,7-8,13H,2,6H2. The van der Waals surface area contributed by atoms with Crippen molar-refractivity contribution in [3.05, 3.63) is 40.4 Å². The lowest BCUT2D eigenvalue weighted by molar-refractivity contribution is 0.112. The molecule has 1 N–H and O–H groups in total. The Labute approximate surface area is 87.8 Å². The zero-order valence-electron chi connectivity index (χ0n) is 7.61. The van der Waals surface area contributed by atoms with Gasteiger partial charge in [0.1, 0.15) is 6.29 Å². The molecule has 0 fully saturated rings. The Morgan fingerprint density at radius 2 is 2.21 bits per heavy atom. The number of benzene rings is 1. The van der Waals surface area contributed by atoms with E-state index in [2.05, 4.69) is 0 Å². The fourth-order valence-corrected chi connectivity index (χ4v) is 1.29. The van der Waals surface area contributed by atoms with E-state index in [0.717, 1.165) is 11.8 Å². The maximum Gasteiger partial charge on any atom is 0.150 e. The van der Waals surface area contributed by atoms with Crippen LogP contribution in [0.2, 0.25) is 5.02 Å². The van der Waals surface area contributed by atoms with Gasteiger partial charge in [0.2, 0.25) is 0 Å². The normalized spacial score (nSPS) is 10.7. The number of carbonyl (C=O) groups is 1. The van der Waals surface area contributed by atoms with E-state index in [9.17, 15) is 4.79 Å². The molecular weight excluding hydrogens is 200 g/mol. The van der Waals surface area contributed by atoms with Crippen molar-refractivity contribution in [1.82, 2.24) is 0 Å². The summed E-state index contributed by atoms with van der Waals surface area (Å²) in [5.41, 5.74) is 1.42. The van der Waals surface area contributed by atoms with Crippen LogP contribution in [-0.4, -0.2) is 18.0 Å². The molecule has 0 atom stereocenters. The Kier molecular flexibility index (Phi) is 4.36. The van der Waals surface area contributed by atoms with Gasteiger partial charge in [-0.05, 0) is 18.1 Å². The summed E-state index contributed by atoms with van der Waals surface area (Å²) in [5, 5.41) is 9.11. The molecule has 3 heteroatoms. The molecule has 0 heterocycles. The third kappa shape index (κ3) is 2.98. The first kappa shape index (κ1) is 11.0. The molecular formula is C11H11ClO2. The Morgan fingerprint density at radius 3 is 2.79 bits per heavy atom. The van der Waals surface area contributed by atoms with Gasteiger partial charge in [-0.25, -0.2) is 0 Å². The predicted molar refractivity (Wildman–Crippen MR) is 57.6 cm³/mol. The lowest BCUT2D eigenvalue weighted by Gasteiger charge is -1.98. The zero-order valence-corrected chi connectivity index (χ0v) is 8.37. The molecule has 0 radical (unpaired) electrons. The van der Waals surface area contributed by atoms with Crippen LogP contribution in [-0.2, 0) is 0 Å². The van der Waals surface area contributed by atoms with Gasteiger partial charge in [0.05, 0.1) is 0 Å². The highest BCUT2D eigenvalue weighted by Crippen LogP contribution is 2.18. The second-order valence-electron chi connectivity index (χ2n) is 2.81. The van der Waals surface area contributed by atoms with Gasteiger partial charge in [0.15, 0.2) is 0 Å². The van der Waals surface area contributed by atoms with Crippen LogP contribution in [0.1, 0.15) is 22.3 Å². The van der Waals surface area contributed by atoms with Crippen LogP contribution in [0.5, 0.6) is 0 Å². The van der Waals surface area contributed by atoms with E-state index in [4.69, 9.17) is 16.7 Å². The van der Waals surface area contributed by atoms with Crippen molar-refractivity contribution < 1.29 is 9.90 Å². The highest BCUT2D eigenvalue weighted by Gasteiger charge is 1.97. The first-order chi connectivity index (χ1) is 6.77. The SMILES string of the molecule is O=Cc1ccc(C=CCCO)c(Cl)c1. The monoisotopic (exact) mass is 210 g/mol. The quantitative estimate of drug-likeness (QED) is 0.776. The van der Waals surface area contributed by atoms with Crippen LogP contribution >= 0.6 is 11.6 Å². The number of aliphatic hydroxyl groups is 1. The molecule has 0 saturated carbocycles. The summed E-state index contributed by atoms with van der Waals surface area (Å²) in [4.78, 5) is 10.4. The summed E-state index contributed by atoms with van der Waals surface area (Å²) in [5.74, 6) is 0. The maximum atomic E-state index is 10.4. The van der Waals surface area contributed by atoms with Crippen molar-refractivity contribution >= 4 is 24.0 Å². The fourth-order valence-electron chi connectivity index (χ4n) is 1.04. The summed E-state index contributed by atoms with van der Waals surface area (Å²) in [7, 11) is 0. The molecule has 1 aromatic carbocycles. The third-order valence-electron chi connectivity index (χ3n) is 1.75. The summed E-state index contributed by atoms with van der Waals surface area (Å²) >= 11 is 5.91. The van der Waals surface area contributed by atoms with Crippen molar-refractivity contribution in [3.63, 3.8) is 0 Å². The molecule has 0 bridgehead atoms. The predicted octanol–water partition coefficient (Wildman–Crippen LogP) is 2.55. The van der Waals surface area contributed by atoms with Gasteiger partial charge < -0.3 is 5.11 Å². The minimum atomic E-state index is 0.126. The number of aldehydes is 1. The number of hydrogen-bond acceptors (Lipinski definition) is 2. The van der Waals surface area contributed by atoms with Crippen LogP contribution in [0, 0.1) is 0 Å². The van der Waals surface area contributed by atoms with Crippen LogP contribution < -0.4 is 0 Å². The number of rotatable bonds is 4. The smallest absolute Gasteiger partial charge is 0.150 e. The van der Waals surface area contributed by atoms with E-state index in [1.54, 1.807) is 18.2 Å². The van der Waals surface area contributed by atoms with Gasteiger partial charge in [0.25, 0.3) is 0 Å². The molecule has 2 nitrogen and oxygen atoms in total. The molecule has 0 amide bonds. The molecule has 0 aliphatic rings. The van der Waals surface area contributed by atoms with Crippen molar-refractivity contribution in [1.29, 1.82) is 0 Å². The molecule has 0 aromatic heterocycles. The molecule has 0 unspecified atom stereocenters. The molecule has 1 rings (SSSR count). The van der Waals surface area contributed by atoms with E-state index < -0.39 is 0 Å². The summed E-state index contributed by atoms with van der Waals surface area (Å²) in [6.45, 7) is 0.126. The van der Waals surface area contributed by atoms with E-state index >= 15 is 0 Å². The Hall–Kier alpha value is -1.12. The first-order valence-corrected chi connectivity index (χ1v) is 4.68. The molecule has 0 aliphatic carbocycles. The van der Waals surface area contributed by atoms with Crippen LogP contribution in [0.25, 0.3) is 6.08 Å². The molecule has 74 valence electrons. The fraction of sp³-hybridized carbons (Fsp3) is 0.182. The number of halogens is 1. The van der Waals surface area contributed by atoms with Gasteiger partial charge in [-0.3, -0.25) is 4.79 Å². The number of aliphatic hydroxyl groups excluding tert-OH is 1. The van der Waals surface area contributed by atoms with Crippen molar-refractivity contribution in [3.8, 4) is 0 Å². The summed E-state index contributed by atoms with van der Waals surface area (Å²) in [6, 6.07) is 5.10. The lowest BCUT2D eigenvalue weighted by Crippen LogP contribution is -1.82. The van der Waals surface area contributed by atoms with Crippen molar-refractivity contribution in [2.24, 2.45) is 0 Å². The number of carbonyl (C=O) groups excluding carboxylic acids is 1. The Balaban J connectivity index is 2.83. The largest absolute Gasteiger partial charge is 0.396 e. The van der Waals surface area contributed by atoms with E-state index in [0.29, 0.717) is 17.0 Å². The molecule has 1 aromatic rings. The van der Waals surface area contributed by atoms with Gasteiger partial charge in [-0.1, -0.05) is 35.9 Å². The lowest BCUT2D eigenvalue weighted by atomic mass is 10.1. The molecule has 0 spiro atoms. The molecule has 0 saturated heterocycles. The third-order valence-corrected chi connectivity index (χ3v) is 2.08. The van der Waals surface area contributed by atoms with Gasteiger partial charge in [-0.2, -0.15) is 0 Å². The Bertz CT molecular complexity index is 345. The van der Waals surface area contributed by atoms with Crippen molar-refractivity contribution in [2.45, 2.75) is 6.42 Å². The molecule has 0 aliphatic heterocycles. The first-order valence-electron chi connectivity index (χ1n) is 4.30.